The normalized spacial score (nSPS) is 10.9. The number of nitrogens with one attached hydrogen (secondary N) is 1. The molecule has 0 atom stereocenters. The van der Waals surface area contributed by atoms with Gasteiger partial charge in [0, 0.05) is 24.9 Å². The van der Waals surface area contributed by atoms with E-state index in [0.29, 0.717) is 37.0 Å². The molecule has 0 unspecified atom stereocenters. The number of hydrogen-bond donors (Lipinski definition) is 1. The van der Waals surface area contributed by atoms with Crippen LogP contribution in [0.1, 0.15) is 44.6 Å². The van der Waals surface area contributed by atoms with Crippen molar-refractivity contribution >= 4 is 5.91 Å². The van der Waals surface area contributed by atoms with Crippen LogP contribution >= 0.6 is 0 Å². The average Bonchev–Trinajstić information content (AvgIpc) is 2.94. The standard InChI is InChI=1S/C16H21N3O2/c1-4-17-14(20)9-10-15-18-16(19-21-15)13-7-5-12(6-8-13)11(2)3/h5-8,11H,4,9-10H2,1-3H3,(H,17,20). The molecule has 2 aromatic rings. The highest BCUT2D eigenvalue weighted by atomic mass is 16.5. The van der Waals surface area contributed by atoms with Crippen molar-refractivity contribution in [2.24, 2.45) is 0 Å². The molecule has 21 heavy (non-hydrogen) atoms. The largest absolute Gasteiger partial charge is 0.356 e. The van der Waals surface area contributed by atoms with Gasteiger partial charge >= 0.3 is 0 Å². The van der Waals surface area contributed by atoms with Crippen molar-refractivity contribution in [1.29, 1.82) is 0 Å². The van der Waals surface area contributed by atoms with Crippen LogP contribution in [0.3, 0.4) is 0 Å². The van der Waals surface area contributed by atoms with Crippen molar-refractivity contribution in [3.05, 3.63) is 35.7 Å². The fourth-order valence-corrected chi connectivity index (χ4v) is 2.00. The number of carbonyl (C=O) groups is 1. The Bertz CT molecular complexity index is 588. The highest BCUT2D eigenvalue weighted by Gasteiger charge is 2.10. The van der Waals surface area contributed by atoms with Gasteiger partial charge in [0.25, 0.3) is 0 Å². The SMILES string of the molecule is CCNC(=O)CCc1nc(-c2ccc(C(C)C)cc2)no1. The van der Waals surface area contributed by atoms with Gasteiger partial charge in [-0.1, -0.05) is 43.3 Å². The Labute approximate surface area is 124 Å². The highest BCUT2D eigenvalue weighted by Crippen LogP contribution is 2.20. The molecule has 5 nitrogen and oxygen atoms in total. The van der Waals surface area contributed by atoms with Crippen LogP contribution in [0.2, 0.25) is 0 Å². The summed E-state index contributed by atoms with van der Waals surface area (Å²) in [6.07, 6.45) is 0.824. The Kier molecular flexibility index (Phi) is 5.09. The molecule has 1 heterocycles. The topological polar surface area (TPSA) is 68.0 Å². The van der Waals surface area contributed by atoms with Crippen LogP contribution in [0, 0.1) is 0 Å². The molecule has 1 aromatic heterocycles. The lowest BCUT2D eigenvalue weighted by molar-refractivity contribution is -0.121. The van der Waals surface area contributed by atoms with Gasteiger partial charge in [0.2, 0.25) is 17.6 Å². The molecular weight excluding hydrogens is 266 g/mol. The number of hydrogen-bond acceptors (Lipinski definition) is 4. The Balaban J connectivity index is 2.00. The Morgan fingerprint density at radius 2 is 2.00 bits per heavy atom. The molecule has 0 bridgehead atoms. The van der Waals surface area contributed by atoms with Gasteiger partial charge in [-0.2, -0.15) is 4.98 Å². The van der Waals surface area contributed by atoms with Gasteiger partial charge in [-0.05, 0) is 18.4 Å². The average molecular weight is 287 g/mol. The molecule has 2 rings (SSSR count). The molecule has 0 spiro atoms. The van der Waals surface area contributed by atoms with Crippen molar-refractivity contribution in [2.75, 3.05) is 6.54 Å². The van der Waals surface area contributed by atoms with Gasteiger partial charge in [0.15, 0.2) is 0 Å². The second-order valence-electron chi connectivity index (χ2n) is 5.24. The summed E-state index contributed by atoms with van der Waals surface area (Å²) >= 11 is 0. The minimum atomic E-state index is -0.00136. The molecule has 0 radical (unpaired) electrons. The first-order valence-electron chi connectivity index (χ1n) is 7.29. The molecule has 112 valence electrons. The summed E-state index contributed by atoms with van der Waals surface area (Å²) in [5.41, 5.74) is 2.20. The van der Waals surface area contributed by atoms with Gasteiger partial charge in [-0.15, -0.1) is 0 Å². The molecular formula is C16H21N3O2. The Hall–Kier alpha value is -2.17. The first-order valence-corrected chi connectivity index (χ1v) is 7.29. The lowest BCUT2D eigenvalue weighted by Crippen LogP contribution is -2.22. The summed E-state index contributed by atoms with van der Waals surface area (Å²) in [6.45, 7) is 6.84. The summed E-state index contributed by atoms with van der Waals surface area (Å²) in [5, 5.41) is 6.71. The van der Waals surface area contributed by atoms with Crippen molar-refractivity contribution in [3.63, 3.8) is 0 Å². The fourth-order valence-electron chi connectivity index (χ4n) is 2.00. The molecule has 0 saturated heterocycles. The smallest absolute Gasteiger partial charge is 0.227 e. The van der Waals surface area contributed by atoms with Crippen LogP contribution in [0.25, 0.3) is 11.4 Å². The number of rotatable bonds is 6. The van der Waals surface area contributed by atoms with Crippen molar-refractivity contribution in [3.8, 4) is 11.4 Å². The number of carbonyl (C=O) groups excluding carboxylic acids is 1. The van der Waals surface area contributed by atoms with E-state index in [9.17, 15) is 4.79 Å². The number of benzene rings is 1. The number of amides is 1. The molecule has 1 amide bonds. The summed E-state index contributed by atoms with van der Waals surface area (Å²) in [5.74, 6) is 1.55. The van der Waals surface area contributed by atoms with E-state index in [1.54, 1.807) is 0 Å². The zero-order valence-electron chi connectivity index (χ0n) is 12.7. The second-order valence-corrected chi connectivity index (χ2v) is 5.24. The van der Waals surface area contributed by atoms with E-state index in [1.165, 1.54) is 5.56 Å². The summed E-state index contributed by atoms with van der Waals surface area (Å²) < 4.78 is 5.18. The number of aryl methyl sites for hydroxylation is 1. The maximum Gasteiger partial charge on any atom is 0.227 e. The second kappa shape index (κ2) is 7.02. The molecule has 0 aliphatic heterocycles. The molecule has 0 fully saturated rings. The highest BCUT2D eigenvalue weighted by molar-refractivity contribution is 5.75. The van der Waals surface area contributed by atoms with Gasteiger partial charge in [0.1, 0.15) is 0 Å². The molecule has 1 N–H and O–H groups in total. The van der Waals surface area contributed by atoms with Crippen LogP contribution in [-0.2, 0) is 11.2 Å². The maximum atomic E-state index is 11.4. The van der Waals surface area contributed by atoms with Crippen LogP contribution in [0.5, 0.6) is 0 Å². The summed E-state index contributed by atoms with van der Waals surface area (Å²) in [7, 11) is 0. The van der Waals surface area contributed by atoms with Gasteiger partial charge < -0.3 is 9.84 Å². The van der Waals surface area contributed by atoms with Gasteiger partial charge in [-0.25, -0.2) is 0 Å². The zero-order chi connectivity index (χ0) is 15.2. The minimum Gasteiger partial charge on any atom is -0.356 e. The lowest BCUT2D eigenvalue weighted by atomic mass is 10.0. The third-order valence-electron chi connectivity index (χ3n) is 3.24. The third-order valence-corrected chi connectivity index (χ3v) is 3.24. The van der Waals surface area contributed by atoms with Crippen molar-refractivity contribution in [2.45, 2.75) is 39.5 Å². The van der Waals surface area contributed by atoms with Gasteiger partial charge in [0.05, 0.1) is 0 Å². The van der Waals surface area contributed by atoms with Gasteiger partial charge in [-0.3, -0.25) is 4.79 Å². The number of nitrogens with zero attached hydrogens (tertiary/aromatic N) is 2. The van der Waals surface area contributed by atoms with Crippen molar-refractivity contribution in [1.82, 2.24) is 15.5 Å². The summed E-state index contributed by atoms with van der Waals surface area (Å²) in [6, 6.07) is 8.14. The Morgan fingerprint density at radius 1 is 1.29 bits per heavy atom. The monoisotopic (exact) mass is 287 g/mol. The minimum absolute atomic E-state index is 0.00136. The predicted octanol–water partition coefficient (Wildman–Crippen LogP) is 2.93. The van der Waals surface area contributed by atoms with Crippen LogP contribution in [-0.4, -0.2) is 22.6 Å². The van der Waals surface area contributed by atoms with Crippen LogP contribution in [0.15, 0.2) is 28.8 Å². The van der Waals surface area contributed by atoms with E-state index >= 15 is 0 Å². The van der Waals surface area contributed by atoms with E-state index < -0.39 is 0 Å². The zero-order valence-corrected chi connectivity index (χ0v) is 12.7. The molecule has 0 saturated carbocycles. The fraction of sp³-hybridized carbons (Fsp3) is 0.438. The number of aromatic nitrogens is 2. The first-order chi connectivity index (χ1) is 10.1. The summed E-state index contributed by atoms with van der Waals surface area (Å²) in [4.78, 5) is 15.7. The molecule has 0 aliphatic rings. The third kappa shape index (κ3) is 4.15. The van der Waals surface area contributed by atoms with Crippen molar-refractivity contribution < 1.29 is 9.32 Å². The van der Waals surface area contributed by atoms with E-state index in [1.807, 2.05) is 19.1 Å². The molecule has 5 heteroatoms. The lowest BCUT2D eigenvalue weighted by Gasteiger charge is -2.04. The van der Waals surface area contributed by atoms with E-state index in [2.05, 4.69) is 41.4 Å². The maximum absolute atomic E-state index is 11.4. The quantitative estimate of drug-likeness (QED) is 0.887. The molecule has 0 aliphatic carbocycles. The van der Waals surface area contributed by atoms with Crippen LogP contribution in [0.4, 0.5) is 0 Å². The first kappa shape index (κ1) is 15.2. The predicted molar refractivity (Wildman–Crippen MR) is 80.8 cm³/mol. The molecule has 1 aromatic carbocycles. The van der Waals surface area contributed by atoms with E-state index in [-0.39, 0.29) is 5.91 Å². The van der Waals surface area contributed by atoms with E-state index in [0.717, 1.165) is 5.56 Å². The van der Waals surface area contributed by atoms with Crippen LogP contribution < -0.4 is 5.32 Å². The van der Waals surface area contributed by atoms with E-state index in [4.69, 9.17) is 4.52 Å². The Morgan fingerprint density at radius 3 is 2.62 bits per heavy atom.